The minimum absolute atomic E-state index is 0.286. The molecule has 1 heterocycles. The molecule has 0 saturated carbocycles. The van der Waals surface area contributed by atoms with Crippen LogP contribution in [0.2, 0.25) is 0 Å². The summed E-state index contributed by atoms with van der Waals surface area (Å²) in [6.45, 7) is 4.81. The van der Waals surface area contributed by atoms with Gasteiger partial charge in [-0.1, -0.05) is 28.9 Å². The van der Waals surface area contributed by atoms with Gasteiger partial charge in [0.05, 0.1) is 11.3 Å². The highest BCUT2D eigenvalue weighted by atomic mass is 79.9. The third kappa shape index (κ3) is 2.87. The smallest absolute Gasteiger partial charge is 0.336 e. The van der Waals surface area contributed by atoms with Crippen LogP contribution < -0.4 is 0 Å². The number of carboxylic acids is 1. The third-order valence-electron chi connectivity index (χ3n) is 2.90. The summed E-state index contributed by atoms with van der Waals surface area (Å²) in [6.07, 6.45) is 2.90. The molecule has 4 nitrogen and oxygen atoms in total. The monoisotopic (exact) mass is 322 g/mol. The first-order chi connectivity index (χ1) is 9.02. The number of nitrogens with zero attached hydrogens (tertiary/aromatic N) is 2. The van der Waals surface area contributed by atoms with Crippen molar-refractivity contribution in [3.63, 3.8) is 0 Å². The molecule has 2 rings (SSSR count). The number of aryl methyl sites for hydroxylation is 2. The normalized spacial score (nSPS) is 10.7. The summed E-state index contributed by atoms with van der Waals surface area (Å²) < 4.78 is 2.62. The summed E-state index contributed by atoms with van der Waals surface area (Å²) >= 11 is 3.30. The average molecular weight is 323 g/mol. The Labute approximate surface area is 120 Å². The van der Waals surface area contributed by atoms with Crippen LogP contribution in [0.25, 0.3) is 11.1 Å². The molecule has 0 aliphatic carbocycles. The topological polar surface area (TPSA) is 55.1 Å². The van der Waals surface area contributed by atoms with Gasteiger partial charge in [0.25, 0.3) is 0 Å². The highest BCUT2D eigenvalue weighted by Gasteiger charge is 2.16. The first-order valence-corrected chi connectivity index (χ1v) is 6.89. The van der Waals surface area contributed by atoms with Gasteiger partial charge >= 0.3 is 5.97 Å². The van der Waals surface area contributed by atoms with Crippen molar-refractivity contribution in [2.24, 2.45) is 0 Å². The van der Waals surface area contributed by atoms with Crippen LogP contribution in [0, 0.1) is 6.92 Å². The van der Waals surface area contributed by atoms with Crippen molar-refractivity contribution >= 4 is 21.9 Å². The molecule has 0 spiro atoms. The summed E-state index contributed by atoms with van der Waals surface area (Å²) in [5.74, 6) is -0.932. The van der Waals surface area contributed by atoms with E-state index in [1.165, 1.54) is 0 Å². The fourth-order valence-electron chi connectivity index (χ4n) is 2.05. The van der Waals surface area contributed by atoms with Crippen LogP contribution in [0.5, 0.6) is 0 Å². The van der Waals surface area contributed by atoms with Crippen LogP contribution in [0.3, 0.4) is 0 Å². The number of hydrogen-bond acceptors (Lipinski definition) is 2. The number of rotatable bonds is 4. The van der Waals surface area contributed by atoms with E-state index in [1.807, 2.05) is 29.9 Å². The molecule has 0 fully saturated rings. The van der Waals surface area contributed by atoms with Gasteiger partial charge in [-0.2, -0.15) is 5.10 Å². The quantitative estimate of drug-likeness (QED) is 0.933. The minimum Gasteiger partial charge on any atom is -0.478 e. The van der Waals surface area contributed by atoms with Crippen molar-refractivity contribution in [3.8, 4) is 11.1 Å². The Morgan fingerprint density at radius 3 is 2.79 bits per heavy atom. The predicted molar refractivity (Wildman–Crippen MR) is 77.4 cm³/mol. The molecule has 0 aliphatic heterocycles. The standard InChI is InChI=1S/C14H15BrN2O2/c1-3-6-17-8-13(9(2)16-17)11-5-4-10(15)7-12(11)14(18)19/h4-5,7-8H,3,6H2,1-2H3,(H,18,19). The van der Waals surface area contributed by atoms with Crippen LogP contribution in [0.4, 0.5) is 0 Å². The zero-order valence-corrected chi connectivity index (χ0v) is 12.4. The van der Waals surface area contributed by atoms with Crippen LogP contribution >= 0.6 is 15.9 Å². The summed E-state index contributed by atoms with van der Waals surface area (Å²) in [5, 5.41) is 13.7. The van der Waals surface area contributed by atoms with E-state index >= 15 is 0 Å². The molecular weight excluding hydrogens is 308 g/mol. The number of hydrogen-bond donors (Lipinski definition) is 1. The van der Waals surface area contributed by atoms with Gasteiger partial charge in [0, 0.05) is 22.8 Å². The van der Waals surface area contributed by atoms with Gasteiger partial charge in [-0.15, -0.1) is 0 Å². The van der Waals surface area contributed by atoms with Crippen LogP contribution in [-0.2, 0) is 6.54 Å². The van der Waals surface area contributed by atoms with Gasteiger partial charge in [-0.3, -0.25) is 4.68 Å². The van der Waals surface area contributed by atoms with Gasteiger partial charge in [0.2, 0.25) is 0 Å². The molecule has 0 atom stereocenters. The first-order valence-electron chi connectivity index (χ1n) is 6.10. The van der Waals surface area contributed by atoms with Crippen LogP contribution in [-0.4, -0.2) is 20.9 Å². The Balaban J connectivity index is 2.55. The van der Waals surface area contributed by atoms with Crippen molar-refractivity contribution < 1.29 is 9.90 Å². The fraction of sp³-hybridized carbons (Fsp3) is 0.286. The van der Waals surface area contributed by atoms with E-state index in [4.69, 9.17) is 0 Å². The molecule has 100 valence electrons. The molecule has 1 aromatic carbocycles. The fourth-order valence-corrected chi connectivity index (χ4v) is 2.42. The predicted octanol–water partition coefficient (Wildman–Crippen LogP) is 3.73. The lowest BCUT2D eigenvalue weighted by atomic mass is 10.0. The van der Waals surface area contributed by atoms with E-state index in [2.05, 4.69) is 28.0 Å². The van der Waals surface area contributed by atoms with Crippen molar-refractivity contribution in [3.05, 3.63) is 40.1 Å². The van der Waals surface area contributed by atoms with Gasteiger partial charge in [0.15, 0.2) is 0 Å². The highest BCUT2D eigenvalue weighted by Crippen LogP contribution is 2.29. The SMILES string of the molecule is CCCn1cc(-c2ccc(Br)cc2C(=O)O)c(C)n1. The van der Waals surface area contributed by atoms with Gasteiger partial charge in [-0.25, -0.2) is 4.79 Å². The van der Waals surface area contributed by atoms with E-state index in [1.54, 1.807) is 6.07 Å². The van der Waals surface area contributed by atoms with Crippen LogP contribution in [0.1, 0.15) is 29.4 Å². The maximum Gasteiger partial charge on any atom is 0.336 e. The van der Waals surface area contributed by atoms with Crippen LogP contribution in [0.15, 0.2) is 28.9 Å². The number of carbonyl (C=O) groups is 1. The molecule has 1 aromatic heterocycles. The van der Waals surface area contributed by atoms with E-state index in [0.29, 0.717) is 5.56 Å². The second-order valence-corrected chi connectivity index (χ2v) is 5.30. The largest absolute Gasteiger partial charge is 0.478 e. The highest BCUT2D eigenvalue weighted by molar-refractivity contribution is 9.10. The molecule has 0 aliphatic rings. The van der Waals surface area contributed by atoms with Gasteiger partial charge < -0.3 is 5.11 Å². The van der Waals surface area contributed by atoms with E-state index in [0.717, 1.165) is 28.7 Å². The maximum atomic E-state index is 11.3. The second-order valence-electron chi connectivity index (χ2n) is 4.39. The molecule has 1 N–H and O–H groups in total. The molecule has 0 saturated heterocycles. The minimum atomic E-state index is -0.932. The van der Waals surface area contributed by atoms with E-state index < -0.39 is 5.97 Å². The summed E-state index contributed by atoms with van der Waals surface area (Å²) in [7, 11) is 0. The van der Waals surface area contributed by atoms with Gasteiger partial charge in [-0.05, 0) is 31.0 Å². The Morgan fingerprint density at radius 1 is 1.42 bits per heavy atom. The average Bonchev–Trinajstić information content (AvgIpc) is 2.70. The van der Waals surface area contributed by atoms with E-state index in [-0.39, 0.29) is 5.56 Å². The molecule has 0 unspecified atom stereocenters. The van der Waals surface area contributed by atoms with Crippen molar-refractivity contribution in [1.82, 2.24) is 9.78 Å². The summed E-state index contributed by atoms with van der Waals surface area (Å²) in [5.41, 5.74) is 2.71. The van der Waals surface area contributed by atoms with Gasteiger partial charge in [0.1, 0.15) is 0 Å². The summed E-state index contributed by atoms with van der Waals surface area (Å²) in [4.78, 5) is 11.3. The Bertz CT molecular complexity index is 620. The second kappa shape index (κ2) is 5.57. The third-order valence-corrected chi connectivity index (χ3v) is 3.39. The molecule has 0 amide bonds. The van der Waals surface area contributed by atoms with Crippen molar-refractivity contribution in [2.45, 2.75) is 26.8 Å². The Morgan fingerprint density at radius 2 is 2.16 bits per heavy atom. The van der Waals surface area contributed by atoms with E-state index in [9.17, 15) is 9.90 Å². The lowest BCUT2D eigenvalue weighted by molar-refractivity contribution is 0.0697. The molecule has 19 heavy (non-hydrogen) atoms. The lowest BCUT2D eigenvalue weighted by Crippen LogP contribution is -1.99. The summed E-state index contributed by atoms with van der Waals surface area (Å²) in [6, 6.07) is 5.28. The number of halogens is 1. The molecule has 0 radical (unpaired) electrons. The number of benzene rings is 1. The van der Waals surface area contributed by atoms with Crippen molar-refractivity contribution in [2.75, 3.05) is 0 Å². The number of carboxylic acid groups (broad SMARTS) is 1. The molecule has 5 heteroatoms. The lowest BCUT2D eigenvalue weighted by Gasteiger charge is -2.05. The molecule has 0 bridgehead atoms. The molecule has 2 aromatic rings. The zero-order chi connectivity index (χ0) is 14.0. The Kier molecular flexibility index (Phi) is 4.04. The number of aromatic nitrogens is 2. The first kappa shape index (κ1) is 13.8. The maximum absolute atomic E-state index is 11.3. The number of aromatic carboxylic acids is 1. The Hall–Kier alpha value is -1.62. The zero-order valence-electron chi connectivity index (χ0n) is 10.9. The van der Waals surface area contributed by atoms with Crippen molar-refractivity contribution in [1.29, 1.82) is 0 Å². The molecular formula is C14H15BrN2O2.